The molecule has 0 radical (unpaired) electrons. The number of hydrogen-bond acceptors (Lipinski definition) is 5. The van der Waals surface area contributed by atoms with Gasteiger partial charge >= 0.3 is 0 Å². The molecule has 2 aromatic rings. The highest BCUT2D eigenvalue weighted by molar-refractivity contribution is 6.30. The van der Waals surface area contributed by atoms with Gasteiger partial charge in [-0.15, -0.1) is 0 Å². The molecule has 152 valence electrons. The van der Waals surface area contributed by atoms with Crippen LogP contribution in [0.15, 0.2) is 24.4 Å². The highest BCUT2D eigenvalue weighted by Crippen LogP contribution is 2.55. The van der Waals surface area contributed by atoms with E-state index in [9.17, 15) is 14.3 Å². The fourth-order valence-electron chi connectivity index (χ4n) is 5.50. The first kappa shape index (κ1) is 19.0. The van der Waals surface area contributed by atoms with Crippen molar-refractivity contribution in [3.8, 4) is 11.6 Å². The largest absolute Gasteiger partial charge is 0.436 e. The van der Waals surface area contributed by atoms with Crippen LogP contribution in [0.5, 0.6) is 11.6 Å². The fourth-order valence-corrected chi connectivity index (χ4v) is 5.65. The Balaban J connectivity index is 1.47. The van der Waals surface area contributed by atoms with Gasteiger partial charge in [0.25, 0.3) is 5.88 Å². The molecule has 2 bridgehead atoms. The molecule has 2 saturated heterocycles. The van der Waals surface area contributed by atoms with Crippen molar-refractivity contribution in [1.29, 1.82) is 0 Å². The van der Waals surface area contributed by atoms with Gasteiger partial charge < -0.3 is 14.6 Å². The summed E-state index contributed by atoms with van der Waals surface area (Å²) < 4.78 is 25.5. The molecule has 1 aliphatic carbocycles. The molecule has 0 amide bonds. The van der Waals surface area contributed by atoms with Gasteiger partial charge in [0.1, 0.15) is 11.5 Å². The number of aromatic nitrogens is 1. The molecule has 0 spiro atoms. The number of aryl methyl sites for hydroxylation is 2. The molecule has 1 aromatic heterocycles. The number of benzene rings is 1. The number of Topliss-reactive ketones (excluding diaryl/α,β-unsaturated/α-hetero) is 1. The summed E-state index contributed by atoms with van der Waals surface area (Å²) in [6.07, 6.45) is 2.30. The van der Waals surface area contributed by atoms with E-state index in [0.717, 1.165) is 35.6 Å². The van der Waals surface area contributed by atoms with E-state index in [1.54, 1.807) is 12.1 Å². The average molecular weight is 418 g/mol. The van der Waals surface area contributed by atoms with E-state index in [4.69, 9.17) is 21.1 Å². The van der Waals surface area contributed by atoms with Crippen LogP contribution in [0.1, 0.15) is 35.4 Å². The van der Waals surface area contributed by atoms with E-state index in [2.05, 4.69) is 4.98 Å². The summed E-state index contributed by atoms with van der Waals surface area (Å²) in [5.41, 5.74) is 2.47. The van der Waals surface area contributed by atoms with E-state index < -0.39 is 17.8 Å². The standard InChI is InChI=1S/C22H21ClFNO4/c1-9-5-12(28-22-13(24)7-11(23)8-25-22)6-10(2)16(9)19-20(26)17-14-3-4-15(29-14)18(17)21(19)27/h5-8,14-15,17-20,26H,3-4H2,1-2H3. The highest BCUT2D eigenvalue weighted by Gasteiger charge is 2.62. The van der Waals surface area contributed by atoms with Gasteiger partial charge in [-0.25, -0.2) is 9.37 Å². The van der Waals surface area contributed by atoms with Crippen LogP contribution in [0.2, 0.25) is 5.02 Å². The van der Waals surface area contributed by atoms with Crippen molar-refractivity contribution >= 4 is 17.4 Å². The van der Waals surface area contributed by atoms with Crippen molar-refractivity contribution < 1.29 is 23.8 Å². The quantitative estimate of drug-likeness (QED) is 0.814. The Morgan fingerprint density at radius 1 is 1.21 bits per heavy atom. The first-order valence-corrected chi connectivity index (χ1v) is 10.2. The molecule has 6 atom stereocenters. The number of ether oxygens (including phenoxy) is 2. The lowest BCUT2D eigenvalue weighted by Crippen LogP contribution is -2.31. The Labute approximate surface area is 172 Å². The second kappa shape index (κ2) is 6.76. The molecule has 1 aromatic carbocycles. The molecular weight excluding hydrogens is 397 g/mol. The third-order valence-corrected chi connectivity index (χ3v) is 6.77. The summed E-state index contributed by atoms with van der Waals surface area (Å²) in [6, 6.07) is 4.63. The molecule has 5 nitrogen and oxygen atoms in total. The second-order valence-corrected chi connectivity index (χ2v) is 8.71. The maximum atomic E-state index is 14.0. The summed E-state index contributed by atoms with van der Waals surface area (Å²) in [5, 5.41) is 11.2. The minimum absolute atomic E-state index is 0.0175. The van der Waals surface area contributed by atoms with Crippen LogP contribution in [-0.4, -0.2) is 34.2 Å². The van der Waals surface area contributed by atoms with Gasteiger partial charge in [-0.2, -0.15) is 0 Å². The van der Waals surface area contributed by atoms with Crippen LogP contribution in [0.3, 0.4) is 0 Å². The monoisotopic (exact) mass is 417 g/mol. The Morgan fingerprint density at radius 3 is 2.55 bits per heavy atom. The van der Waals surface area contributed by atoms with Crippen LogP contribution in [-0.2, 0) is 9.53 Å². The SMILES string of the molecule is Cc1cc(Oc2ncc(Cl)cc2F)cc(C)c1C1C(=O)C2C3CCC(O3)C2C1O. The number of carbonyl (C=O) groups is 1. The van der Waals surface area contributed by atoms with Crippen LogP contribution in [0, 0.1) is 31.5 Å². The fraction of sp³-hybridized carbons (Fsp3) is 0.455. The van der Waals surface area contributed by atoms with E-state index >= 15 is 0 Å². The van der Waals surface area contributed by atoms with Gasteiger partial charge in [-0.1, -0.05) is 11.6 Å². The number of hydrogen-bond donors (Lipinski definition) is 1. The van der Waals surface area contributed by atoms with Crippen LogP contribution < -0.4 is 4.74 Å². The lowest BCUT2D eigenvalue weighted by molar-refractivity contribution is -0.124. The van der Waals surface area contributed by atoms with E-state index in [1.165, 1.54) is 6.20 Å². The molecule has 29 heavy (non-hydrogen) atoms. The third-order valence-electron chi connectivity index (χ3n) is 6.57. The second-order valence-electron chi connectivity index (χ2n) is 8.28. The number of halogens is 2. The zero-order chi connectivity index (χ0) is 20.4. The first-order chi connectivity index (χ1) is 13.8. The highest BCUT2D eigenvalue weighted by atomic mass is 35.5. The maximum absolute atomic E-state index is 14.0. The number of ketones is 1. The number of fused-ring (bicyclic) bond motifs is 5. The van der Waals surface area contributed by atoms with Gasteiger partial charge in [0.2, 0.25) is 0 Å². The Morgan fingerprint density at radius 2 is 1.90 bits per heavy atom. The van der Waals surface area contributed by atoms with Crippen molar-refractivity contribution in [3.05, 3.63) is 51.9 Å². The molecule has 7 heteroatoms. The molecule has 6 unspecified atom stereocenters. The van der Waals surface area contributed by atoms with Crippen molar-refractivity contribution in [2.24, 2.45) is 11.8 Å². The Kier molecular flexibility index (Phi) is 4.42. The predicted octanol–water partition coefficient (Wildman–Crippen LogP) is 4.10. The number of aliphatic hydroxyl groups excluding tert-OH is 1. The molecule has 3 aliphatic rings. The number of rotatable bonds is 3. The van der Waals surface area contributed by atoms with E-state index in [1.807, 2.05) is 13.8 Å². The van der Waals surface area contributed by atoms with Crippen molar-refractivity contribution in [3.63, 3.8) is 0 Å². The Hall–Kier alpha value is -2.02. The smallest absolute Gasteiger partial charge is 0.255 e. The average Bonchev–Trinajstić information content (AvgIpc) is 3.33. The van der Waals surface area contributed by atoms with Crippen LogP contribution in [0.4, 0.5) is 4.39 Å². The molecule has 2 aliphatic heterocycles. The Bertz CT molecular complexity index is 989. The number of carbonyl (C=O) groups excluding carboxylic acids is 1. The van der Waals surface area contributed by atoms with Crippen LogP contribution >= 0.6 is 11.6 Å². The minimum Gasteiger partial charge on any atom is -0.436 e. The van der Waals surface area contributed by atoms with E-state index in [0.29, 0.717) is 5.75 Å². The number of aliphatic hydroxyl groups is 1. The van der Waals surface area contributed by atoms with E-state index in [-0.39, 0.29) is 40.7 Å². The van der Waals surface area contributed by atoms with Gasteiger partial charge in [0.05, 0.1) is 35.2 Å². The zero-order valence-electron chi connectivity index (χ0n) is 16.1. The maximum Gasteiger partial charge on any atom is 0.255 e. The summed E-state index contributed by atoms with van der Waals surface area (Å²) >= 11 is 5.73. The van der Waals surface area contributed by atoms with Gasteiger partial charge in [-0.05, 0) is 61.6 Å². The summed E-state index contributed by atoms with van der Waals surface area (Å²) in [4.78, 5) is 17.1. The van der Waals surface area contributed by atoms with Crippen molar-refractivity contribution in [2.45, 2.75) is 50.9 Å². The minimum atomic E-state index is -0.748. The molecule has 3 heterocycles. The topological polar surface area (TPSA) is 68.7 Å². The zero-order valence-corrected chi connectivity index (χ0v) is 16.8. The lowest BCUT2D eigenvalue weighted by atomic mass is 9.81. The first-order valence-electron chi connectivity index (χ1n) is 9.82. The molecule has 1 N–H and O–H groups in total. The number of nitrogens with zero attached hydrogens (tertiary/aromatic N) is 1. The normalized spacial score (nSPS) is 32.7. The predicted molar refractivity (Wildman–Crippen MR) is 104 cm³/mol. The summed E-state index contributed by atoms with van der Waals surface area (Å²) in [6.45, 7) is 3.75. The van der Waals surface area contributed by atoms with Crippen LogP contribution in [0.25, 0.3) is 0 Å². The summed E-state index contributed by atoms with van der Waals surface area (Å²) in [5.74, 6) is -1.22. The lowest BCUT2D eigenvalue weighted by Gasteiger charge is -2.24. The molecule has 1 saturated carbocycles. The third kappa shape index (κ3) is 2.88. The molecule has 5 rings (SSSR count). The molecule has 3 fully saturated rings. The van der Waals surface area contributed by atoms with Gasteiger partial charge in [-0.3, -0.25) is 4.79 Å². The van der Waals surface area contributed by atoms with Gasteiger partial charge in [0, 0.05) is 12.1 Å². The molecular formula is C22H21ClFNO4. The number of pyridine rings is 1. The van der Waals surface area contributed by atoms with Crippen molar-refractivity contribution in [1.82, 2.24) is 4.98 Å². The summed E-state index contributed by atoms with van der Waals surface area (Å²) in [7, 11) is 0. The van der Waals surface area contributed by atoms with Gasteiger partial charge in [0.15, 0.2) is 5.82 Å². The van der Waals surface area contributed by atoms with Crippen molar-refractivity contribution in [2.75, 3.05) is 0 Å².